The fourth-order valence-corrected chi connectivity index (χ4v) is 2.74. The van der Waals surface area contributed by atoms with Gasteiger partial charge in [-0.25, -0.2) is 0 Å². The number of amides is 1. The Kier molecular flexibility index (Phi) is 4.00. The minimum Gasteiger partial charge on any atom is -0.457 e. The lowest BCUT2D eigenvalue weighted by molar-refractivity contribution is -0.122. The van der Waals surface area contributed by atoms with Crippen LogP contribution in [0, 0.1) is 0 Å². The van der Waals surface area contributed by atoms with Crippen molar-refractivity contribution in [1.29, 1.82) is 0 Å². The number of rotatable bonds is 3. The molecule has 3 rings (SSSR count). The highest BCUT2D eigenvalue weighted by molar-refractivity contribution is 7.80. The molecule has 112 valence electrons. The molecule has 1 N–H and O–H groups in total. The summed E-state index contributed by atoms with van der Waals surface area (Å²) in [5.41, 5.74) is 1.30. The highest BCUT2D eigenvalue weighted by Gasteiger charge is 2.29. The van der Waals surface area contributed by atoms with Crippen LogP contribution in [-0.4, -0.2) is 22.5 Å². The highest BCUT2D eigenvalue weighted by atomic mass is 35.5. The minimum atomic E-state index is -0.145. The summed E-state index contributed by atoms with van der Waals surface area (Å²) in [5, 5.41) is 3.96. The van der Waals surface area contributed by atoms with E-state index in [4.69, 9.17) is 28.2 Å². The van der Waals surface area contributed by atoms with E-state index in [1.54, 1.807) is 18.2 Å². The Morgan fingerprint density at radius 1 is 1.36 bits per heavy atom. The van der Waals surface area contributed by atoms with Gasteiger partial charge in [0.1, 0.15) is 17.2 Å². The smallest absolute Gasteiger partial charge is 0.276 e. The monoisotopic (exact) mass is 332 g/mol. The topological polar surface area (TPSA) is 45.5 Å². The molecular formula is C16H13ClN2O2S. The van der Waals surface area contributed by atoms with E-state index in [-0.39, 0.29) is 5.91 Å². The third kappa shape index (κ3) is 2.77. The molecular weight excluding hydrogens is 320 g/mol. The molecule has 22 heavy (non-hydrogen) atoms. The molecule has 2 heterocycles. The number of hydrogen-bond acceptors (Lipinski definition) is 3. The molecule has 1 aliphatic heterocycles. The number of hydrogen-bond donors (Lipinski definition) is 1. The quantitative estimate of drug-likeness (QED) is 0.688. The second-order valence-electron chi connectivity index (χ2n) is 4.75. The van der Waals surface area contributed by atoms with E-state index < -0.39 is 0 Å². The van der Waals surface area contributed by atoms with Crippen LogP contribution in [0.15, 0.2) is 46.5 Å². The van der Waals surface area contributed by atoms with Crippen LogP contribution in [0.3, 0.4) is 0 Å². The van der Waals surface area contributed by atoms with Gasteiger partial charge in [-0.3, -0.25) is 9.69 Å². The molecule has 1 saturated heterocycles. The highest BCUT2D eigenvalue weighted by Crippen LogP contribution is 2.26. The molecule has 1 aromatic heterocycles. The molecule has 0 unspecified atom stereocenters. The van der Waals surface area contributed by atoms with E-state index in [1.165, 1.54) is 4.90 Å². The first-order valence-corrected chi connectivity index (χ1v) is 7.57. The van der Waals surface area contributed by atoms with E-state index in [0.717, 1.165) is 5.56 Å². The van der Waals surface area contributed by atoms with Crippen molar-refractivity contribution < 1.29 is 9.21 Å². The van der Waals surface area contributed by atoms with E-state index in [1.807, 2.05) is 31.2 Å². The lowest BCUT2D eigenvalue weighted by Crippen LogP contribution is -2.30. The molecule has 1 amide bonds. The van der Waals surface area contributed by atoms with E-state index in [9.17, 15) is 4.79 Å². The maximum atomic E-state index is 12.1. The van der Waals surface area contributed by atoms with Gasteiger partial charge in [-0.2, -0.15) is 0 Å². The molecule has 4 nitrogen and oxygen atoms in total. The normalized spacial score (nSPS) is 16.5. The fraction of sp³-hybridized carbons (Fsp3) is 0.125. The lowest BCUT2D eigenvalue weighted by atomic mass is 10.2. The van der Waals surface area contributed by atoms with Gasteiger partial charge >= 0.3 is 0 Å². The Morgan fingerprint density at radius 2 is 2.18 bits per heavy atom. The van der Waals surface area contributed by atoms with Crippen LogP contribution in [0.4, 0.5) is 0 Å². The third-order valence-corrected chi connectivity index (χ3v) is 3.86. The van der Waals surface area contributed by atoms with Crippen molar-refractivity contribution in [2.24, 2.45) is 0 Å². The lowest BCUT2D eigenvalue weighted by Gasteiger charge is -2.08. The number of carbonyl (C=O) groups excluding carboxylic acids is 1. The van der Waals surface area contributed by atoms with Crippen molar-refractivity contribution in [3.63, 3.8) is 0 Å². The zero-order valence-electron chi connectivity index (χ0n) is 11.8. The van der Waals surface area contributed by atoms with Crippen LogP contribution in [0.1, 0.15) is 12.7 Å². The Morgan fingerprint density at radius 3 is 2.86 bits per heavy atom. The largest absolute Gasteiger partial charge is 0.457 e. The van der Waals surface area contributed by atoms with E-state index in [0.29, 0.717) is 33.9 Å². The molecule has 0 atom stereocenters. The SMILES string of the molecule is CCN1C(=O)/C(=C\c2ccc(-c3cccc(Cl)c3)o2)NC1=S. The molecule has 1 aromatic carbocycles. The Hall–Kier alpha value is -2.11. The van der Waals surface area contributed by atoms with Crippen molar-refractivity contribution in [3.05, 3.63) is 52.9 Å². The zero-order chi connectivity index (χ0) is 15.7. The predicted molar refractivity (Wildman–Crippen MR) is 90.3 cm³/mol. The van der Waals surface area contributed by atoms with E-state index in [2.05, 4.69) is 5.32 Å². The number of likely N-dealkylation sites (N-methyl/N-ethyl adjacent to an activating group) is 1. The predicted octanol–water partition coefficient (Wildman–Crippen LogP) is 3.68. The molecule has 0 spiro atoms. The first-order chi connectivity index (χ1) is 10.6. The summed E-state index contributed by atoms with van der Waals surface area (Å²) in [6.45, 7) is 2.41. The molecule has 2 aromatic rings. The fourth-order valence-electron chi connectivity index (χ4n) is 2.23. The standard InChI is InChI=1S/C16H13ClN2O2S/c1-2-19-15(20)13(18-16(19)22)9-12-6-7-14(21-12)10-4-3-5-11(17)8-10/h3-9H,2H2,1H3,(H,18,22)/b13-9+. The van der Waals surface area contributed by atoms with Crippen molar-refractivity contribution in [1.82, 2.24) is 10.2 Å². The van der Waals surface area contributed by atoms with Gasteiger partial charge in [0.15, 0.2) is 5.11 Å². The maximum absolute atomic E-state index is 12.1. The van der Waals surface area contributed by atoms with Crippen molar-refractivity contribution in [2.45, 2.75) is 6.92 Å². The van der Waals surface area contributed by atoms with Gasteiger partial charge in [0.25, 0.3) is 5.91 Å². The summed E-state index contributed by atoms with van der Waals surface area (Å²) < 4.78 is 5.75. The zero-order valence-corrected chi connectivity index (χ0v) is 13.4. The average molecular weight is 333 g/mol. The molecule has 0 saturated carbocycles. The van der Waals surface area contributed by atoms with Crippen LogP contribution in [0.25, 0.3) is 17.4 Å². The summed E-state index contributed by atoms with van der Waals surface area (Å²) in [5.74, 6) is 1.12. The Balaban J connectivity index is 1.88. The number of furan rings is 1. The molecule has 1 aliphatic rings. The van der Waals surface area contributed by atoms with Crippen LogP contribution >= 0.6 is 23.8 Å². The van der Waals surface area contributed by atoms with Gasteiger partial charge < -0.3 is 9.73 Å². The van der Waals surface area contributed by atoms with Crippen molar-refractivity contribution in [3.8, 4) is 11.3 Å². The number of nitrogens with zero attached hydrogens (tertiary/aromatic N) is 1. The molecule has 1 fully saturated rings. The number of nitrogens with one attached hydrogen (secondary N) is 1. The van der Waals surface area contributed by atoms with Crippen LogP contribution in [-0.2, 0) is 4.79 Å². The number of thiocarbonyl (C=S) groups is 1. The molecule has 6 heteroatoms. The van der Waals surface area contributed by atoms with Crippen LogP contribution in [0.5, 0.6) is 0 Å². The van der Waals surface area contributed by atoms with Gasteiger partial charge in [-0.05, 0) is 43.4 Å². The Labute approximate surface area is 138 Å². The second kappa shape index (κ2) is 5.94. The second-order valence-corrected chi connectivity index (χ2v) is 5.57. The Bertz CT molecular complexity index is 782. The summed E-state index contributed by atoms with van der Waals surface area (Å²) in [7, 11) is 0. The summed E-state index contributed by atoms with van der Waals surface area (Å²) in [4.78, 5) is 13.6. The van der Waals surface area contributed by atoms with Gasteiger partial charge in [-0.15, -0.1) is 0 Å². The minimum absolute atomic E-state index is 0.145. The summed E-state index contributed by atoms with van der Waals surface area (Å²) in [6, 6.07) is 11.0. The van der Waals surface area contributed by atoms with Crippen LogP contribution in [0.2, 0.25) is 5.02 Å². The molecule has 0 bridgehead atoms. The van der Waals surface area contributed by atoms with Gasteiger partial charge in [0, 0.05) is 23.2 Å². The van der Waals surface area contributed by atoms with Crippen molar-refractivity contribution in [2.75, 3.05) is 6.54 Å². The van der Waals surface area contributed by atoms with Gasteiger partial charge in [0.2, 0.25) is 0 Å². The first kappa shape index (κ1) is 14.8. The van der Waals surface area contributed by atoms with Gasteiger partial charge in [0.05, 0.1) is 0 Å². The summed E-state index contributed by atoms with van der Waals surface area (Å²) >= 11 is 11.1. The third-order valence-electron chi connectivity index (χ3n) is 3.30. The maximum Gasteiger partial charge on any atom is 0.276 e. The molecule has 0 aliphatic carbocycles. The number of carbonyl (C=O) groups is 1. The number of halogens is 1. The summed E-state index contributed by atoms with van der Waals surface area (Å²) in [6.07, 6.45) is 1.65. The average Bonchev–Trinajstić information content (AvgIpc) is 3.05. The van der Waals surface area contributed by atoms with Crippen LogP contribution < -0.4 is 5.32 Å². The number of benzene rings is 1. The first-order valence-electron chi connectivity index (χ1n) is 6.79. The molecule has 0 radical (unpaired) electrons. The van der Waals surface area contributed by atoms with Gasteiger partial charge in [-0.1, -0.05) is 23.7 Å². The van der Waals surface area contributed by atoms with Crippen molar-refractivity contribution >= 4 is 40.9 Å². The van der Waals surface area contributed by atoms with E-state index >= 15 is 0 Å².